The zero-order chi connectivity index (χ0) is 16.4. The van der Waals surface area contributed by atoms with Gasteiger partial charge in [0.1, 0.15) is 0 Å². The van der Waals surface area contributed by atoms with Gasteiger partial charge in [-0.1, -0.05) is 38.1 Å². The number of hydrogen-bond donors (Lipinski definition) is 2. The highest BCUT2D eigenvalue weighted by Crippen LogP contribution is 2.24. The van der Waals surface area contributed by atoms with E-state index in [0.29, 0.717) is 5.92 Å². The van der Waals surface area contributed by atoms with Crippen LogP contribution < -0.4 is 5.32 Å². The summed E-state index contributed by atoms with van der Waals surface area (Å²) in [5.41, 5.74) is 3.61. The van der Waals surface area contributed by atoms with Gasteiger partial charge in [-0.25, -0.2) is 9.97 Å². The van der Waals surface area contributed by atoms with Crippen LogP contribution in [0.2, 0.25) is 0 Å². The first-order chi connectivity index (χ1) is 11.0. The monoisotopic (exact) mass is 310 g/mol. The van der Waals surface area contributed by atoms with Crippen molar-refractivity contribution in [3.05, 3.63) is 48.4 Å². The van der Waals surface area contributed by atoms with E-state index in [1.165, 1.54) is 0 Å². The van der Waals surface area contributed by atoms with Crippen LogP contribution in [-0.2, 0) is 0 Å². The molecule has 5 heteroatoms. The molecule has 0 saturated carbocycles. The average Bonchev–Trinajstić information content (AvgIpc) is 3.01. The highest BCUT2D eigenvalue weighted by molar-refractivity contribution is 5.69. The summed E-state index contributed by atoms with van der Waals surface area (Å²) in [7, 11) is 0. The molecule has 0 aliphatic rings. The first kappa shape index (κ1) is 15.5. The number of anilines is 1. The highest BCUT2D eigenvalue weighted by Gasteiger charge is 2.10. The second-order valence-corrected chi connectivity index (χ2v) is 6.21. The minimum absolute atomic E-state index is 0.462. The molecule has 120 valence electrons. The third-order valence-electron chi connectivity index (χ3n) is 3.74. The van der Waals surface area contributed by atoms with Crippen LogP contribution in [0.1, 0.15) is 32.4 Å². The van der Waals surface area contributed by atoms with Crippen LogP contribution in [0.5, 0.6) is 0 Å². The van der Waals surface area contributed by atoms with Crippen molar-refractivity contribution in [2.75, 3.05) is 11.9 Å². The van der Waals surface area contributed by atoms with Gasteiger partial charge >= 0.3 is 0 Å². The fourth-order valence-electron chi connectivity index (χ4n) is 2.42. The van der Waals surface area contributed by atoms with E-state index in [9.17, 15) is 5.11 Å². The van der Waals surface area contributed by atoms with Gasteiger partial charge in [-0.05, 0) is 18.4 Å². The number of aliphatic hydroxyl groups excluding tert-OH is 1. The van der Waals surface area contributed by atoms with Gasteiger partial charge in [-0.15, -0.1) is 0 Å². The van der Waals surface area contributed by atoms with E-state index in [1.54, 1.807) is 13.1 Å². The van der Waals surface area contributed by atoms with E-state index in [0.717, 1.165) is 34.8 Å². The van der Waals surface area contributed by atoms with Crippen molar-refractivity contribution in [3.63, 3.8) is 0 Å². The Balaban J connectivity index is 2.00. The first-order valence-corrected chi connectivity index (χ1v) is 7.90. The summed E-state index contributed by atoms with van der Waals surface area (Å²) in [4.78, 5) is 9.11. The van der Waals surface area contributed by atoms with Crippen molar-refractivity contribution in [2.24, 2.45) is 5.92 Å². The van der Waals surface area contributed by atoms with E-state index < -0.39 is 6.10 Å². The smallest absolute Gasteiger partial charge is 0.180 e. The maximum Gasteiger partial charge on any atom is 0.180 e. The van der Waals surface area contributed by atoms with Crippen molar-refractivity contribution < 1.29 is 5.11 Å². The minimum Gasteiger partial charge on any atom is -0.389 e. The van der Waals surface area contributed by atoms with Gasteiger partial charge < -0.3 is 14.8 Å². The second kappa shape index (κ2) is 6.38. The summed E-state index contributed by atoms with van der Waals surface area (Å²) >= 11 is 0. The average molecular weight is 310 g/mol. The summed E-state index contributed by atoms with van der Waals surface area (Å²) in [6.45, 7) is 6.93. The molecule has 0 radical (unpaired) electrons. The Labute approximate surface area is 136 Å². The van der Waals surface area contributed by atoms with Gasteiger partial charge in [0.15, 0.2) is 11.5 Å². The maximum atomic E-state index is 9.63. The molecule has 0 amide bonds. The second-order valence-electron chi connectivity index (χ2n) is 6.21. The van der Waals surface area contributed by atoms with Gasteiger partial charge in [0.05, 0.1) is 11.8 Å². The van der Waals surface area contributed by atoms with Crippen molar-refractivity contribution in [1.82, 2.24) is 14.4 Å². The fraction of sp³-hybridized carbons (Fsp3) is 0.333. The first-order valence-electron chi connectivity index (χ1n) is 7.90. The molecule has 0 spiro atoms. The summed E-state index contributed by atoms with van der Waals surface area (Å²) in [6.07, 6.45) is 5.21. The van der Waals surface area contributed by atoms with Crippen LogP contribution in [0.25, 0.3) is 16.9 Å². The van der Waals surface area contributed by atoms with Crippen LogP contribution in [-0.4, -0.2) is 26.0 Å². The van der Waals surface area contributed by atoms with Gasteiger partial charge in [0.2, 0.25) is 0 Å². The zero-order valence-electron chi connectivity index (χ0n) is 13.7. The molecule has 3 aromatic rings. The number of aliphatic hydroxyl groups is 1. The lowest BCUT2D eigenvalue weighted by Crippen LogP contribution is -2.11. The Morgan fingerprint density at radius 2 is 1.91 bits per heavy atom. The summed E-state index contributed by atoms with van der Waals surface area (Å²) in [5.74, 6) is 1.32. The molecule has 0 bridgehead atoms. The molecule has 1 atom stereocenters. The molecule has 0 aliphatic heterocycles. The van der Waals surface area contributed by atoms with Gasteiger partial charge in [0.25, 0.3) is 0 Å². The van der Waals surface area contributed by atoms with E-state index in [-0.39, 0.29) is 0 Å². The zero-order valence-corrected chi connectivity index (χ0v) is 13.7. The fourth-order valence-corrected chi connectivity index (χ4v) is 2.42. The summed E-state index contributed by atoms with van der Waals surface area (Å²) < 4.78 is 1.98. The van der Waals surface area contributed by atoms with Crippen molar-refractivity contribution in [1.29, 1.82) is 0 Å². The van der Waals surface area contributed by atoms with Gasteiger partial charge in [0, 0.05) is 30.7 Å². The Hall–Kier alpha value is -2.40. The Bertz CT molecular complexity index is 790. The molecule has 1 unspecified atom stereocenters. The predicted octanol–water partition coefficient (Wildman–Crippen LogP) is 3.52. The lowest BCUT2D eigenvalue weighted by molar-refractivity contribution is 0.199. The quantitative estimate of drug-likeness (QED) is 0.757. The molecule has 0 aliphatic carbocycles. The molecule has 0 fully saturated rings. The molecule has 3 rings (SSSR count). The van der Waals surface area contributed by atoms with E-state index >= 15 is 0 Å². The van der Waals surface area contributed by atoms with Crippen LogP contribution in [0.15, 0.2) is 42.9 Å². The number of fused-ring (bicyclic) bond motifs is 1. The normalized spacial score (nSPS) is 12.7. The van der Waals surface area contributed by atoms with E-state index in [4.69, 9.17) is 4.98 Å². The van der Waals surface area contributed by atoms with Crippen molar-refractivity contribution >= 4 is 11.5 Å². The Kier molecular flexibility index (Phi) is 4.30. The number of nitrogens with one attached hydrogen (secondary N) is 1. The lowest BCUT2D eigenvalue weighted by Gasteiger charge is -2.12. The largest absolute Gasteiger partial charge is 0.389 e. The lowest BCUT2D eigenvalue weighted by atomic mass is 10.1. The predicted molar refractivity (Wildman–Crippen MR) is 92.4 cm³/mol. The van der Waals surface area contributed by atoms with Crippen LogP contribution in [0, 0.1) is 5.92 Å². The molecule has 23 heavy (non-hydrogen) atoms. The molecule has 2 heterocycles. The van der Waals surface area contributed by atoms with E-state index in [1.807, 2.05) is 41.1 Å². The van der Waals surface area contributed by atoms with Gasteiger partial charge in [-0.3, -0.25) is 0 Å². The standard InChI is InChI=1S/C18H22N4O/c1-12(2)10-20-17-18-19-8-9-22(18)11-16(21-17)15-6-4-14(5-7-15)13(3)23/h4-9,11-13,23H,10H2,1-3H3,(H,20,21). The highest BCUT2D eigenvalue weighted by atomic mass is 16.3. The van der Waals surface area contributed by atoms with E-state index in [2.05, 4.69) is 24.1 Å². The van der Waals surface area contributed by atoms with Crippen molar-refractivity contribution in [3.8, 4) is 11.3 Å². The molecule has 2 N–H and O–H groups in total. The number of rotatable bonds is 5. The third kappa shape index (κ3) is 3.35. The topological polar surface area (TPSA) is 62.5 Å². The van der Waals surface area contributed by atoms with Crippen LogP contribution in [0.3, 0.4) is 0 Å². The molecule has 2 aromatic heterocycles. The molecule has 0 saturated heterocycles. The molecular formula is C18H22N4O. The SMILES string of the molecule is CC(C)CNc1nc(-c2ccc(C(C)O)cc2)cn2ccnc12. The third-order valence-corrected chi connectivity index (χ3v) is 3.74. The minimum atomic E-state index is -0.462. The summed E-state index contributed by atoms with van der Waals surface area (Å²) in [5, 5.41) is 13.0. The maximum absolute atomic E-state index is 9.63. The number of hydrogen-bond acceptors (Lipinski definition) is 4. The number of aromatic nitrogens is 3. The van der Waals surface area contributed by atoms with Crippen molar-refractivity contribution in [2.45, 2.75) is 26.9 Å². The van der Waals surface area contributed by atoms with Crippen LogP contribution in [0.4, 0.5) is 5.82 Å². The number of imidazole rings is 1. The Morgan fingerprint density at radius 1 is 1.17 bits per heavy atom. The number of benzene rings is 1. The van der Waals surface area contributed by atoms with Crippen LogP contribution >= 0.6 is 0 Å². The van der Waals surface area contributed by atoms with Gasteiger partial charge in [-0.2, -0.15) is 0 Å². The molecular weight excluding hydrogens is 288 g/mol. The Morgan fingerprint density at radius 3 is 2.57 bits per heavy atom. The summed E-state index contributed by atoms with van der Waals surface area (Å²) in [6, 6.07) is 7.83. The molecule has 5 nitrogen and oxygen atoms in total. The number of nitrogens with zero attached hydrogens (tertiary/aromatic N) is 3. The molecule has 1 aromatic carbocycles.